The second-order valence-corrected chi connectivity index (χ2v) is 10.0. The van der Waals surface area contributed by atoms with Crippen molar-refractivity contribution in [2.45, 2.75) is 84.2 Å². The number of allylic oxidation sites excluding steroid dienone is 1. The first-order chi connectivity index (χ1) is 12.5. The molecule has 0 aromatic rings. The summed E-state index contributed by atoms with van der Waals surface area (Å²) in [5.41, 5.74) is 2.08. The van der Waals surface area contributed by atoms with Crippen molar-refractivity contribution < 1.29 is 14.3 Å². The van der Waals surface area contributed by atoms with E-state index in [1.807, 2.05) is 13.0 Å². The van der Waals surface area contributed by atoms with Gasteiger partial charge < -0.3 is 4.74 Å². The quantitative estimate of drug-likeness (QED) is 0.680. The van der Waals surface area contributed by atoms with Crippen molar-refractivity contribution >= 4 is 11.8 Å². The molecule has 5 aliphatic rings. The Bertz CT molecular complexity index is 679. The van der Waals surface area contributed by atoms with E-state index in [-0.39, 0.29) is 17.5 Å². The van der Waals surface area contributed by atoms with Crippen LogP contribution in [0.3, 0.4) is 0 Å². The average molecular weight is 357 g/mol. The largest absolute Gasteiger partial charge is 0.462 e. The number of esters is 1. The summed E-state index contributed by atoms with van der Waals surface area (Å²) in [5.74, 6) is 3.35. The Hall–Kier alpha value is -1.12. The predicted molar refractivity (Wildman–Crippen MR) is 99.3 cm³/mol. The second-order valence-electron chi connectivity index (χ2n) is 10.0. The molecular formula is C23H32O3. The van der Waals surface area contributed by atoms with Crippen LogP contribution in [0.5, 0.6) is 0 Å². The Morgan fingerprint density at radius 2 is 2.12 bits per heavy atom. The van der Waals surface area contributed by atoms with E-state index in [2.05, 4.69) is 6.92 Å². The standard InChI is InChI=1S/C23H32O3/c1-3-4-21(25)26-20-12-15-13-23(15)19-8-5-14-11-16(24)6-7-17(14)18(19)9-10-22(20,23)2/h11,15,17-20H,3-10,12-13H2,1-2H3/t15-,17?,18?,19?,20+,22-,23+/m1/s1. The van der Waals surface area contributed by atoms with Gasteiger partial charge in [0.15, 0.2) is 5.78 Å². The van der Waals surface area contributed by atoms with E-state index in [4.69, 9.17) is 4.74 Å². The number of hydrogen-bond acceptors (Lipinski definition) is 3. The molecule has 0 amide bonds. The molecule has 0 radical (unpaired) electrons. The van der Waals surface area contributed by atoms with Crippen LogP contribution >= 0.6 is 0 Å². The highest BCUT2D eigenvalue weighted by molar-refractivity contribution is 5.91. The normalized spacial score (nSPS) is 48.6. The van der Waals surface area contributed by atoms with Crippen molar-refractivity contribution in [2.24, 2.45) is 34.5 Å². The zero-order chi connectivity index (χ0) is 18.1. The number of carbonyl (C=O) groups is 2. The highest BCUT2D eigenvalue weighted by Gasteiger charge is 2.77. The molecule has 26 heavy (non-hydrogen) atoms. The van der Waals surface area contributed by atoms with E-state index in [9.17, 15) is 9.59 Å². The molecule has 0 aromatic carbocycles. The number of hydrogen-bond donors (Lipinski definition) is 0. The van der Waals surface area contributed by atoms with E-state index in [1.165, 1.54) is 31.3 Å². The molecule has 5 aliphatic carbocycles. The van der Waals surface area contributed by atoms with Crippen LogP contribution in [0, 0.1) is 34.5 Å². The van der Waals surface area contributed by atoms with Gasteiger partial charge in [-0.25, -0.2) is 0 Å². The molecule has 4 saturated carbocycles. The Morgan fingerprint density at radius 1 is 1.27 bits per heavy atom. The van der Waals surface area contributed by atoms with Crippen molar-refractivity contribution in [2.75, 3.05) is 0 Å². The summed E-state index contributed by atoms with van der Waals surface area (Å²) in [6.07, 6.45) is 12.7. The lowest BCUT2D eigenvalue weighted by Gasteiger charge is -2.55. The zero-order valence-electron chi connectivity index (χ0n) is 16.3. The van der Waals surface area contributed by atoms with Gasteiger partial charge in [0.25, 0.3) is 0 Å². The minimum atomic E-state index is 0.0111. The van der Waals surface area contributed by atoms with Crippen LogP contribution in [0.15, 0.2) is 11.6 Å². The van der Waals surface area contributed by atoms with Crippen molar-refractivity contribution in [1.82, 2.24) is 0 Å². The summed E-state index contributed by atoms with van der Waals surface area (Å²) < 4.78 is 6.03. The molecule has 0 aliphatic heterocycles. The molecule has 0 N–H and O–H groups in total. The molecule has 0 saturated heterocycles. The molecule has 1 spiro atoms. The minimum absolute atomic E-state index is 0.0111. The Kier molecular flexibility index (Phi) is 3.72. The predicted octanol–water partition coefficient (Wildman–Crippen LogP) is 4.84. The van der Waals surface area contributed by atoms with E-state index < -0.39 is 0 Å². The Labute approximate surface area is 156 Å². The third-order valence-electron chi connectivity index (χ3n) is 9.11. The maximum absolute atomic E-state index is 12.2. The van der Waals surface area contributed by atoms with Crippen LogP contribution in [0.1, 0.15) is 78.1 Å². The minimum Gasteiger partial charge on any atom is -0.462 e. The lowest BCUT2D eigenvalue weighted by molar-refractivity contribution is -0.163. The third kappa shape index (κ3) is 2.12. The summed E-state index contributed by atoms with van der Waals surface area (Å²) in [5, 5.41) is 0. The number of rotatable bonds is 3. The lowest BCUT2D eigenvalue weighted by atomic mass is 9.49. The Morgan fingerprint density at radius 3 is 2.92 bits per heavy atom. The number of ether oxygens (including phenoxy) is 1. The van der Waals surface area contributed by atoms with Gasteiger partial charge in [-0.15, -0.1) is 0 Å². The van der Waals surface area contributed by atoms with Crippen molar-refractivity contribution in [3.63, 3.8) is 0 Å². The van der Waals surface area contributed by atoms with Crippen molar-refractivity contribution in [1.29, 1.82) is 0 Å². The smallest absolute Gasteiger partial charge is 0.306 e. The van der Waals surface area contributed by atoms with Gasteiger partial charge in [-0.05, 0) is 86.5 Å². The summed E-state index contributed by atoms with van der Waals surface area (Å²) in [6, 6.07) is 0. The van der Waals surface area contributed by atoms with E-state index in [1.54, 1.807) is 0 Å². The highest BCUT2D eigenvalue weighted by Crippen LogP contribution is 2.82. The average Bonchev–Trinajstić information content (AvgIpc) is 3.27. The molecule has 0 bridgehead atoms. The summed E-state index contributed by atoms with van der Waals surface area (Å²) in [7, 11) is 0. The van der Waals surface area contributed by atoms with Gasteiger partial charge in [-0.2, -0.15) is 0 Å². The number of ketones is 1. The van der Waals surface area contributed by atoms with Crippen LogP contribution in [0.2, 0.25) is 0 Å². The lowest BCUT2D eigenvalue weighted by Crippen LogP contribution is -2.51. The third-order valence-corrected chi connectivity index (χ3v) is 9.11. The van der Waals surface area contributed by atoms with Crippen LogP contribution in [-0.4, -0.2) is 17.9 Å². The summed E-state index contributed by atoms with van der Waals surface area (Å²) >= 11 is 0. The topological polar surface area (TPSA) is 43.4 Å². The molecule has 0 heterocycles. The van der Waals surface area contributed by atoms with Crippen LogP contribution in [-0.2, 0) is 14.3 Å². The fraction of sp³-hybridized carbons (Fsp3) is 0.826. The van der Waals surface area contributed by atoms with Gasteiger partial charge in [0.1, 0.15) is 6.10 Å². The maximum Gasteiger partial charge on any atom is 0.306 e. The summed E-state index contributed by atoms with van der Waals surface area (Å²) in [4.78, 5) is 24.0. The molecule has 3 heteroatoms. The molecule has 7 atom stereocenters. The van der Waals surface area contributed by atoms with Gasteiger partial charge >= 0.3 is 5.97 Å². The number of fused-ring (bicyclic) bond motifs is 3. The Balaban J connectivity index is 1.41. The molecule has 142 valence electrons. The van der Waals surface area contributed by atoms with Crippen LogP contribution < -0.4 is 0 Å². The van der Waals surface area contributed by atoms with Gasteiger partial charge in [-0.1, -0.05) is 19.4 Å². The first kappa shape index (κ1) is 17.0. The molecular weight excluding hydrogens is 324 g/mol. The monoisotopic (exact) mass is 356 g/mol. The molecule has 3 nitrogen and oxygen atoms in total. The van der Waals surface area contributed by atoms with E-state index >= 15 is 0 Å². The fourth-order valence-corrected chi connectivity index (χ4v) is 7.97. The second kappa shape index (κ2) is 5.69. The van der Waals surface area contributed by atoms with Crippen LogP contribution in [0.4, 0.5) is 0 Å². The van der Waals surface area contributed by atoms with Gasteiger partial charge in [0, 0.05) is 18.3 Å². The SMILES string of the molecule is CCCC(=O)O[C@H]1C[C@@H]2C[C@@]23C2CCC4=CC(=O)CCC4C2CC[C@]13C. The van der Waals surface area contributed by atoms with E-state index in [0.717, 1.165) is 49.9 Å². The van der Waals surface area contributed by atoms with Gasteiger partial charge in [0.2, 0.25) is 0 Å². The van der Waals surface area contributed by atoms with Crippen LogP contribution in [0.25, 0.3) is 0 Å². The van der Waals surface area contributed by atoms with Crippen molar-refractivity contribution in [3.05, 3.63) is 11.6 Å². The molecule has 0 aromatic heterocycles. The van der Waals surface area contributed by atoms with Gasteiger partial charge in [-0.3, -0.25) is 9.59 Å². The zero-order valence-corrected chi connectivity index (χ0v) is 16.3. The summed E-state index contributed by atoms with van der Waals surface area (Å²) in [6.45, 7) is 4.49. The first-order valence-electron chi connectivity index (χ1n) is 10.9. The molecule has 4 fully saturated rings. The maximum atomic E-state index is 12.2. The molecule has 5 rings (SSSR count). The van der Waals surface area contributed by atoms with E-state index in [0.29, 0.717) is 23.5 Å². The fourth-order valence-electron chi connectivity index (χ4n) is 7.97. The molecule has 3 unspecified atom stereocenters. The number of carbonyl (C=O) groups excluding carboxylic acids is 2. The highest BCUT2D eigenvalue weighted by atomic mass is 16.5. The van der Waals surface area contributed by atoms with Gasteiger partial charge in [0.05, 0.1) is 0 Å². The first-order valence-corrected chi connectivity index (χ1v) is 10.9. The van der Waals surface area contributed by atoms with Crippen molar-refractivity contribution in [3.8, 4) is 0 Å².